The number of benzene rings is 1. The Hall–Kier alpha value is -2.31. The molecule has 1 unspecified atom stereocenters. The fraction of sp³-hybridized carbons (Fsp3) is 0.542. The molecular formula is C24H32N2O4. The van der Waals surface area contributed by atoms with Gasteiger partial charge in [-0.1, -0.05) is 24.3 Å². The molecule has 1 saturated heterocycles. The molecule has 162 valence electrons. The van der Waals surface area contributed by atoms with Crippen molar-refractivity contribution in [2.75, 3.05) is 47.0 Å². The molecule has 1 aromatic heterocycles. The van der Waals surface area contributed by atoms with Crippen LogP contribution < -0.4 is 4.74 Å². The van der Waals surface area contributed by atoms with Crippen molar-refractivity contribution in [1.82, 2.24) is 9.80 Å². The molecule has 1 atom stereocenters. The van der Waals surface area contributed by atoms with E-state index in [2.05, 4.69) is 29.2 Å². The standard InChI is InChI=1S/C24H32N2O4/c1-28-13-12-26(24(27)22-9-10-23(29-2)30-22)17-18-6-5-11-25(16-18)21-14-19-7-3-4-8-20(19)15-21/h3-4,7-10,18,21H,5-6,11-17H2,1-2H3. The molecule has 0 spiro atoms. The normalized spacial score (nSPS) is 19.6. The predicted molar refractivity (Wildman–Crippen MR) is 115 cm³/mol. The molecule has 1 amide bonds. The minimum absolute atomic E-state index is 0.0965. The molecule has 30 heavy (non-hydrogen) atoms. The van der Waals surface area contributed by atoms with Crippen molar-refractivity contribution in [2.24, 2.45) is 5.92 Å². The summed E-state index contributed by atoms with van der Waals surface area (Å²) in [4.78, 5) is 17.6. The topological polar surface area (TPSA) is 55.2 Å². The van der Waals surface area contributed by atoms with Gasteiger partial charge in [-0.25, -0.2) is 0 Å². The van der Waals surface area contributed by atoms with Crippen molar-refractivity contribution in [3.8, 4) is 5.95 Å². The molecule has 1 aliphatic carbocycles. The van der Waals surface area contributed by atoms with Crippen LogP contribution in [-0.2, 0) is 17.6 Å². The van der Waals surface area contributed by atoms with Crippen LogP contribution >= 0.6 is 0 Å². The van der Waals surface area contributed by atoms with Gasteiger partial charge in [0.25, 0.3) is 11.9 Å². The number of furan rings is 1. The molecule has 6 nitrogen and oxygen atoms in total. The Labute approximate surface area is 178 Å². The zero-order valence-electron chi connectivity index (χ0n) is 18.0. The third-order valence-corrected chi connectivity index (χ3v) is 6.42. The second kappa shape index (κ2) is 9.67. The second-order valence-corrected chi connectivity index (χ2v) is 8.40. The Morgan fingerprint density at radius 2 is 1.93 bits per heavy atom. The Morgan fingerprint density at radius 1 is 1.17 bits per heavy atom. The lowest BCUT2D eigenvalue weighted by molar-refractivity contribution is 0.0542. The number of carbonyl (C=O) groups is 1. The van der Waals surface area contributed by atoms with E-state index in [1.807, 2.05) is 4.90 Å². The van der Waals surface area contributed by atoms with Gasteiger partial charge in [0.15, 0.2) is 5.76 Å². The molecule has 2 aliphatic rings. The second-order valence-electron chi connectivity index (χ2n) is 8.40. The Balaban J connectivity index is 1.39. The smallest absolute Gasteiger partial charge is 0.289 e. The summed E-state index contributed by atoms with van der Waals surface area (Å²) in [5, 5.41) is 0. The number of amides is 1. The van der Waals surface area contributed by atoms with Crippen molar-refractivity contribution in [2.45, 2.75) is 31.7 Å². The molecule has 2 heterocycles. The number of piperidine rings is 1. The molecule has 1 aromatic carbocycles. The maximum absolute atomic E-state index is 13.0. The first-order valence-corrected chi connectivity index (χ1v) is 10.9. The van der Waals surface area contributed by atoms with Crippen molar-refractivity contribution < 1.29 is 18.7 Å². The largest absolute Gasteiger partial charge is 0.468 e. The van der Waals surface area contributed by atoms with Gasteiger partial charge in [0.2, 0.25) is 0 Å². The molecular weight excluding hydrogens is 380 g/mol. The zero-order chi connectivity index (χ0) is 20.9. The van der Waals surface area contributed by atoms with E-state index in [0.717, 1.165) is 38.9 Å². The number of hydrogen-bond acceptors (Lipinski definition) is 5. The van der Waals surface area contributed by atoms with Crippen molar-refractivity contribution in [1.29, 1.82) is 0 Å². The average Bonchev–Trinajstić information content (AvgIpc) is 3.43. The Bertz CT molecular complexity index is 824. The summed E-state index contributed by atoms with van der Waals surface area (Å²) in [5.41, 5.74) is 2.99. The predicted octanol–water partition coefficient (Wildman–Crippen LogP) is 3.26. The number of likely N-dealkylation sites (tertiary alicyclic amines) is 1. The van der Waals surface area contributed by atoms with Crippen molar-refractivity contribution >= 4 is 5.91 Å². The molecule has 4 rings (SSSR count). The van der Waals surface area contributed by atoms with Gasteiger partial charge < -0.3 is 18.8 Å². The van der Waals surface area contributed by atoms with Gasteiger partial charge in [0, 0.05) is 38.9 Å². The highest BCUT2D eigenvalue weighted by Gasteiger charge is 2.32. The number of methoxy groups -OCH3 is 2. The van der Waals surface area contributed by atoms with E-state index in [9.17, 15) is 4.79 Å². The Kier molecular flexibility index (Phi) is 6.75. The number of fused-ring (bicyclic) bond motifs is 1. The van der Waals surface area contributed by atoms with E-state index in [1.165, 1.54) is 24.7 Å². The van der Waals surface area contributed by atoms with Crippen LogP contribution in [0.15, 0.2) is 40.8 Å². The van der Waals surface area contributed by atoms with Gasteiger partial charge in [-0.3, -0.25) is 9.69 Å². The molecule has 0 saturated carbocycles. The SMILES string of the molecule is COCCN(CC1CCCN(C2Cc3ccccc3C2)C1)C(=O)c1ccc(OC)o1. The van der Waals surface area contributed by atoms with Gasteiger partial charge in [-0.15, -0.1) is 0 Å². The minimum atomic E-state index is -0.0965. The first-order chi connectivity index (χ1) is 14.7. The summed E-state index contributed by atoms with van der Waals surface area (Å²) >= 11 is 0. The number of rotatable bonds is 8. The van der Waals surface area contributed by atoms with Gasteiger partial charge in [-0.2, -0.15) is 0 Å². The molecule has 2 aromatic rings. The highest BCUT2D eigenvalue weighted by atomic mass is 16.6. The third kappa shape index (κ3) is 4.71. The molecule has 1 fully saturated rings. The molecule has 0 radical (unpaired) electrons. The monoisotopic (exact) mass is 412 g/mol. The summed E-state index contributed by atoms with van der Waals surface area (Å²) in [6.45, 7) is 3.98. The first-order valence-electron chi connectivity index (χ1n) is 10.9. The first kappa shape index (κ1) is 20.9. The lowest BCUT2D eigenvalue weighted by atomic mass is 9.95. The highest BCUT2D eigenvalue weighted by Crippen LogP contribution is 2.29. The number of ether oxygens (including phenoxy) is 2. The minimum Gasteiger partial charge on any atom is -0.468 e. The van der Waals surface area contributed by atoms with Crippen LogP contribution in [0.3, 0.4) is 0 Å². The van der Waals surface area contributed by atoms with E-state index >= 15 is 0 Å². The number of carbonyl (C=O) groups excluding carboxylic acids is 1. The lowest BCUT2D eigenvalue weighted by Crippen LogP contribution is -2.47. The van der Waals surface area contributed by atoms with Gasteiger partial charge in [-0.05, 0) is 55.3 Å². The fourth-order valence-corrected chi connectivity index (χ4v) is 4.86. The molecule has 0 bridgehead atoms. The van der Waals surface area contributed by atoms with Crippen LogP contribution in [-0.4, -0.2) is 68.8 Å². The molecule has 1 aliphatic heterocycles. The van der Waals surface area contributed by atoms with Crippen LogP contribution in [0, 0.1) is 5.92 Å². The van der Waals surface area contributed by atoms with Gasteiger partial charge in [0.05, 0.1) is 13.7 Å². The summed E-state index contributed by atoms with van der Waals surface area (Å²) in [6, 6.07) is 12.8. The maximum Gasteiger partial charge on any atom is 0.289 e. The highest BCUT2D eigenvalue weighted by molar-refractivity contribution is 5.91. The summed E-state index contributed by atoms with van der Waals surface area (Å²) in [6.07, 6.45) is 4.61. The summed E-state index contributed by atoms with van der Waals surface area (Å²) < 4.78 is 15.9. The quantitative estimate of drug-likeness (QED) is 0.666. The summed E-state index contributed by atoms with van der Waals surface area (Å²) in [7, 11) is 3.20. The van der Waals surface area contributed by atoms with Crippen LogP contribution in [0.4, 0.5) is 0 Å². The Morgan fingerprint density at radius 3 is 2.60 bits per heavy atom. The summed E-state index contributed by atoms with van der Waals surface area (Å²) in [5.74, 6) is 1.04. The van der Waals surface area contributed by atoms with Crippen LogP contribution in [0.1, 0.15) is 34.5 Å². The van der Waals surface area contributed by atoms with Crippen LogP contribution in [0.5, 0.6) is 5.95 Å². The lowest BCUT2D eigenvalue weighted by Gasteiger charge is -2.38. The van der Waals surface area contributed by atoms with Crippen molar-refractivity contribution in [3.63, 3.8) is 0 Å². The van der Waals surface area contributed by atoms with E-state index < -0.39 is 0 Å². The fourth-order valence-electron chi connectivity index (χ4n) is 4.86. The van der Waals surface area contributed by atoms with Crippen molar-refractivity contribution in [3.05, 3.63) is 53.3 Å². The number of hydrogen-bond donors (Lipinski definition) is 0. The molecule has 6 heteroatoms. The average molecular weight is 413 g/mol. The maximum atomic E-state index is 13.0. The van der Waals surface area contributed by atoms with E-state index in [-0.39, 0.29) is 5.91 Å². The van der Waals surface area contributed by atoms with Gasteiger partial charge in [0.1, 0.15) is 0 Å². The van der Waals surface area contributed by atoms with E-state index in [1.54, 1.807) is 19.2 Å². The van der Waals surface area contributed by atoms with Crippen LogP contribution in [0.2, 0.25) is 0 Å². The number of nitrogens with zero attached hydrogens (tertiary/aromatic N) is 2. The van der Waals surface area contributed by atoms with Crippen LogP contribution in [0.25, 0.3) is 0 Å². The third-order valence-electron chi connectivity index (χ3n) is 6.42. The van der Waals surface area contributed by atoms with E-state index in [0.29, 0.717) is 36.8 Å². The molecule has 0 N–H and O–H groups in total. The zero-order valence-corrected chi connectivity index (χ0v) is 18.0. The van der Waals surface area contributed by atoms with Gasteiger partial charge >= 0.3 is 0 Å². The van der Waals surface area contributed by atoms with E-state index in [4.69, 9.17) is 13.9 Å².